The van der Waals surface area contributed by atoms with Crippen LogP contribution in [0, 0.1) is 11.2 Å². The summed E-state index contributed by atoms with van der Waals surface area (Å²) in [6, 6.07) is 7.38. The van der Waals surface area contributed by atoms with Crippen molar-refractivity contribution in [1.29, 1.82) is 0 Å². The molecule has 2 aliphatic carbocycles. The lowest BCUT2D eigenvalue weighted by atomic mass is 9.55. The Balaban J connectivity index is 1.64. The third-order valence-electron chi connectivity index (χ3n) is 5.90. The molecule has 21 heavy (non-hydrogen) atoms. The van der Waals surface area contributed by atoms with Crippen molar-refractivity contribution in [2.45, 2.75) is 50.5 Å². The third-order valence-corrected chi connectivity index (χ3v) is 5.90. The normalized spacial score (nSPS) is 32.3. The molecule has 0 unspecified atom stereocenters. The standard InChI is InChI=1S/C18H21FN2/c19-13-1-2-16-15(11-13)14(6-10-21-16)12-3-7-18(8-4-12)9-5-17(18)20/h1-2,6,10-12,17H,3-5,7-9,20H2/t12?,17-,18?/m0/s1. The van der Waals surface area contributed by atoms with Gasteiger partial charge in [-0.15, -0.1) is 0 Å². The number of aromatic nitrogens is 1. The molecule has 0 bridgehead atoms. The van der Waals surface area contributed by atoms with Crippen molar-refractivity contribution in [1.82, 2.24) is 4.98 Å². The maximum Gasteiger partial charge on any atom is 0.123 e. The van der Waals surface area contributed by atoms with E-state index in [0.29, 0.717) is 17.4 Å². The van der Waals surface area contributed by atoms with Gasteiger partial charge in [0.05, 0.1) is 5.52 Å². The number of rotatable bonds is 1. The number of pyridine rings is 1. The first-order valence-electron chi connectivity index (χ1n) is 7.98. The Kier molecular flexibility index (Phi) is 3.00. The summed E-state index contributed by atoms with van der Waals surface area (Å²) in [5.41, 5.74) is 8.81. The number of fused-ring (bicyclic) bond motifs is 1. The minimum absolute atomic E-state index is 0.176. The van der Waals surface area contributed by atoms with E-state index < -0.39 is 0 Å². The molecule has 3 heteroatoms. The van der Waals surface area contributed by atoms with E-state index in [1.807, 2.05) is 6.20 Å². The molecule has 1 atom stereocenters. The summed E-state index contributed by atoms with van der Waals surface area (Å²) >= 11 is 0. The van der Waals surface area contributed by atoms with Crippen molar-refractivity contribution >= 4 is 10.9 Å². The fourth-order valence-electron chi connectivity index (χ4n) is 4.34. The van der Waals surface area contributed by atoms with E-state index in [9.17, 15) is 4.39 Å². The maximum absolute atomic E-state index is 13.6. The van der Waals surface area contributed by atoms with Crippen LogP contribution in [0.3, 0.4) is 0 Å². The van der Waals surface area contributed by atoms with Crippen molar-refractivity contribution in [3.63, 3.8) is 0 Å². The Labute approximate surface area is 124 Å². The number of nitrogens with two attached hydrogens (primary N) is 1. The van der Waals surface area contributed by atoms with Gasteiger partial charge >= 0.3 is 0 Å². The highest BCUT2D eigenvalue weighted by Crippen LogP contribution is 2.54. The molecular weight excluding hydrogens is 263 g/mol. The van der Waals surface area contributed by atoms with Gasteiger partial charge in [0.2, 0.25) is 0 Å². The molecule has 110 valence electrons. The van der Waals surface area contributed by atoms with Crippen molar-refractivity contribution in [2.24, 2.45) is 11.1 Å². The predicted molar refractivity (Wildman–Crippen MR) is 82.6 cm³/mol. The lowest BCUT2D eigenvalue weighted by Gasteiger charge is -2.52. The number of benzene rings is 1. The zero-order chi connectivity index (χ0) is 14.4. The van der Waals surface area contributed by atoms with Crippen LogP contribution in [0.25, 0.3) is 10.9 Å². The average molecular weight is 284 g/mol. The number of halogens is 1. The highest BCUT2D eigenvalue weighted by molar-refractivity contribution is 5.82. The number of nitrogens with zero attached hydrogens (tertiary/aromatic N) is 1. The molecule has 4 rings (SSSR count). The van der Waals surface area contributed by atoms with E-state index in [0.717, 1.165) is 10.9 Å². The van der Waals surface area contributed by atoms with Crippen LogP contribution in [-0.4, -0.2) is 11.0 Å². The molecule has 2 aliphatic rings. The lowest BCUT2D eigenvalue weighted by molar-refractivity contribution is 0.0391. The van der Waals surface area contributed by atoms with Crippen molar-refractivity contribution in [3.05, 3.63) is 41.8 Å². The van der Waals surface area contributed by atoms with Crippen LogP contribution in [-0.2, 0) is 0 Å². The van der Waals surface area contributed by atoms with Crippen molar-refractivity contribution in [3.8, 4) is 0 Å². The molecule has 1 heterocycles. The third kappa shape index (κ3) is 2.06. The number of hydrogen-bond acceptors (Lipinski definition) is 2. The predicted octanol–water partition coefficient (Wildman–Crippen LogP) is 4.14. The Bertz CT molecular complexity index is 674. The minimum Gasteiger partial charge on any atom is -0.327 e. The summed E-state index contributed by atoms with van der Waals surface area (Å²) in [6.45, 7) is 0. The lowest BCUT2D eigenvalue weighted by Crippen LogP contribution is -2.52. The van der Waals surface area contributed by atoms with Gasteiger partial charge in [0.25, 0.3) is 0 Å². The van der Waals surface area contributed by atoms with Crippen LogP contribution in [0.2, 0.25) is 0 Å². The van der Waals surface area contributed by atoms with E-state index in [1.54, 1.807) is 12.1 Å². The van der Waals surface area contributed by atoms with Crippen molar-refractivity contribution < 1.29 is 4.39 Å². The monoisotopic (exact) mass is 284 g/mol. The Morgan fingerprint density at radius 2 is 1.86 bits per heavy atom. The highest BCUT2D eigenvalue weighted by atomic mass is 19.1. The molecule has 2 nitrogen and oxygen atoms in total. The second-order valence-electron chi connectivity index (χ2n) is 6.84. The fourth-order valence-corrected chi connectivity index (χ4v) is 4.34. The topological polar surface area (TPSA) is 38.9 Å². The van der Waals surface area contributed by atoms with Gasteiger partial charge in [-0.1, -0.05) is 0 Å². The summed E-state index contributed by atoms with van der Waals surface area (Å²) in [7, 11) is 0. The van der Waals surface area contributed by atoms with Gasteiger partial charge in [0, 0.05) is 17.6 Å². The Morgan fingerprint density at radius 1 is 1.10 bits per heavy atom. The molecule has 1 spiro atoms. The molecule has 2 aromatic rings. The van der Waals surface area contributed by atoms with E-state index in [4.69, 9.17) is 5.73 Å². The van der Waals surface area contributed by atoms with Gasteiger partial charge < -0.3 is 5.73 Å². The van der Waals surface area contributed by atoms with Gasteiger partial charge in [-0.2, -0.15) is 0 Å². The molecule has 1 aromatic carbocycles. The van der Waals surface area contributed by atoms with E-state index >= 15 is 0 Å². The van der Waals surface area contributed by atoms with Crippen LogP contribution < -0.4 is 5.73 Å². The smallest absolute Gasteiger partial charge is 0.123 e. The molecule has 0 aliphatic heterocycles. The zero-order valence-electron chi connectivity index (χ0n) is 12.2. The first kappa shape index (κ1) is 13.2. The molecule has 0 radical (unpaired) electrons. The van der Waals surface area contributed by atoms with Gasteiger partial charge in [-0.25, -0.2) is 4.39 Å². The van der Waals surface area contributed by atoms with Crippen LogP contribution in [0.15, 0.2) is 30.5 Å². The summed E-state index contributed by atoms with van der Waals surface area (Å²) in [6.07, 6.45) is 9.12. The van der Waals surface area contributed by atoms with E-state index in [-0.39, 0.29) is 5.82 Å². The molecule has 2 fully saturated rings. The fraction of sp³-hybridized carbons (Fsp3) is 0.500. The Hall–Kier alpha value is -1.48. The molecule has 2 N–H and O–H groups in total. The van der Waals surface area contributed by atoms with Crippen LogP contribution in [0.5, 0.6) is 0 Å². The molecule has 2 saturated carbocycles. The van der Waals surface area contributed by atoms with Gasteiger partial charge in [0.15, 0.2) is 0 Å². The van der Waals surface area contributed by atoms with E-state index in [2.05, 4.69) is 11.1 Å². The molecule has 0 saturated heterocycles. The van der Waals surface area contributed by atoms with Crippen LogP contribution in [0.4, 0.5) is 4.39 Å². The van der Waals surface area contributed by atoms with Crippen LogP contribution >= 0.6 is 0 Å². The summed E-state index contributed by atoms with van der Waals surface area (Å²) in [5, 5.41) is 0.983. The molecule has 0 amide bonds. The minimum atomic E-state index is -0.176. The number of hydrogen-bond donors (Lipinski definition) is 1. The van der Waals surface area contributed by atoms with Crippen molar-refractivity contribution in [2.75, 3.05) is 0 Å². The first-order valence-corrected chi connectivity index (χ1v) is 7.98. The van der Waals surface area contributed by atoms with Gasteiger partial charge in [-0.3, -0.25) is 4.98 Å². The SMILES string of the molecule is N[C@H]1CCC12CCC(c1ccnc3ccc(F)cc13)CC2. The summed E-state index contributed by atoms with van der Waals surface area (Å²) < 4.78 is 13.6. The zero-order valence-corrected chi connectivity index (χ0v) is 12.2. The molecular formula is C18H21FN2. The Morgan fingerprint density at radius 3 is 2.52 bits per heavy atom. The summed E-state index contributed by atoms with van der Waals surface area (Å²) in [4.78, 5) is 4.36. The largest absolute Gasteiger partial charge is 0.327 e. The highest BCUT2D eigenvalue weighted by Gasteiger charge is 2.46. The van der Waals surface area contributed by atoms with Gasteiger partial charge in [0.1, 0.15) is 5.82 Å². The molecule has 1 aromatic heterocycles. The first-order chi connectivity index (χ1) is 10.2. The quantitative estimate of drug-likeness (QED) is 0.854. The van der Waals surface area contributed by atoms with E-state index in [1.165, 1.54) is 50.2 Å². The second kappa shape index (κ2) is 4.77. The average Bonchev–Trinajstić information content (AvgIpc) is 2.53. The van der Waals surface area contributed by atoms with Gasteiger partial charge in [-0.05, 0) is 79.7 Å². The van der Waals surface area contributed by atoms with Crippen LogP contribution in [0.1, 0.15) is 50.0 Å². The maximum atomic E-state index is 13.6. The summed E-state index contributed by atoms with van der Waals surface area (Å²) in [5.74, 6) is 0.348. The second-order valence-corrected chi connectivity index (χ2v) is 6.84.